The summed E-state index contributed by atoms with van der Waals surface area (Å²) >= 11 is 0. The number of unbranched alkanes of at least 4 members (excludes halogenated alkanes) is 2. The first-order chi connectivity index (χ1) is 13.1. The summed E-state index contributed by atoms with van der Waals surface area (Å²) in [4.78, 5) is 0. The van der Waals surface area contributed by atoms with Crippen LogP contribution < -0.4 is 0 Å². The molecule has 154 valence electrons. The van der Waals surface area contributed by atoms with E-state index in [4.69, 9.17) is 9.47 Å². The Morgan fingerprint density at radius 1 is 1.15 bits per heavy atom. The van der Waals surface area contributed by atoms with E-state index in [-0.39, 0.29) is 0 Å². The Morgan fingerprint density at radius 2 is 1.96 bits per heavy atom. The minimum atomic E-state index is 0.317. The molecule has 0 saturated heterocycles. The highest BCUT2D eigenvalue weighted by atomic mass is 16.5. The molecule has 0 amide bonds. The Kier molecular flexibility index (Phi) is 13.0. The van der Waals surface area contributed by atoms with Gasteiger partial charge in [0.25, 0.3) is 0 Å². The molecule has 1 aliphatic carbocycles. The molecule has 1 rings (SSSR count). The van der Waals surface area contributed by atoms with E-state index in [1.807, 2.05) is 18.2 Å². The fourth-order valence-electron chi connectivity index (χ4n) is 3.75. The van der Waals surface area contributed by atoms with Gasteiger partial charge in [-0.15, -0.1) is 0 Å². The lowest BCUT2D eigenvalue weighted by atomic mass is 9.87. The molecule has 0 aliphatic heterocycles. The molecule has 27 heavy (non-hydrogen) atoms. The summed E-state index contributed by atoms with van der Waals surface area (Å²) < 4.78 is 12.3. The third-order valence-electron chi connectivity index (χ3n) is 5.41. The molecule has 1 saturated carbocycles. The first-order valence-electron chi connectivity index (χ1n) is 11.0. The Bertz CT molecular complexity index is 463. The zero-order chi connectivity index (χ0) is 19.9. The van der Waals surface area contributed by atoms with Crippen molar-refractivity contribution in [3.63, 3.8) is 0 Å². The van der Waals surface area contributed by atoms with Crippen LogP contribution in [-0.4, -0.2) is 18.8 Å². The lowest BCUT2D eigenvalue weighted by Gasteiger charge is -2.31. The first-order valence-corrected chi connectivity index (χ1v) is 11.0. The predicted octanol–water partition coefficient (Wildman–Crippen LogP) is 7.53. The molecule has 2 nitrogen and oxygen atoms in total. The SMILES string of the molecule is C=C/C=C(\C=C)CCCC(=C)O[C@H]1CCCC(COC(C)CCCCC)C1. The van der Waals surface area contributed by atoms with Crippen LogP contribution in [0.3, 0.4) is 0 Å². The summed E-state index contributed by atoms with van der Waals surface area (Å²) in [6.07, 6.45) is 19.2. The molecule has 1 fully saturated rings. The van der Waals surface area contributed by atoms with Crippen LogP contribution in [0, 0.1) is 5.92 Å². The maximum absolute atomic E-state index is 6.17. The zero-order valence-electron chi connectivity index (χ0n) is 17.9. The van der Waals surface area contributed by atoms with Crippen molar-refractivity contribution in [3.8, 4) is 0 Å². The molecule has 0 aromatic carbocycles. The molecule has 3 atom stereocenters. The van der Waals surface area contributed by atoms with Crippen molar-refractivity contribution in [1.29, 1.82) is 0 Å². The summed E-state index contributed by atoms with van der Waals surface area (Å²) in [7, 11) is 0. The fraction of sp³-hybridized carbons (Fsp3) is 0.680. The number of hydrogen-bond acceptors (Lipinski definition) is 2. The molecular formula is C25H42O2. The van der Waals surface area contributed by atoms with Gasteiger partial charge in [0.1, 0.15) is 0 Å². The summed E-state index contributed by atoms with van der Waals surface area (Å²) in [5, 5.41) is 0. The van der Waals surface area contributed by atoms with Crippen molar-refractivity contribution < 1.29 is 9.47 Å². The van der Waals surface area contributed by atoms with Crippen molar-refractivity contribution >= 4 is 0 Å². The van der Waals surface area contributed by atoms with Crippen LogP contribution in [-0.2, 0) is 9.47 Å². The van der Waals surface area contributed by atoms with E-state index in [1.54, 1.807) is 0 Å². The van der Waals surface area contributed by atoms with Gasteiger partial charge in [0, 0.05) is 13.0 Å². The first kappa shape index (κ1) is 23.8. The second-order valence-corrected chi connectivity index (χ2v) is 7.99. The normalized spacial score (nSPS) is 21.5. The quantitative estimate of drug-likeness (QED) is 0.167. The van der Waals surface area contributed by atoms with Gasteiger partial charge in [-0.3, -0.25) is 0 Å². The molecule has 1 aliphatic rings. The standard InChI is InChI=1S/C25H42O2/c1-6-9-10-14-21(4)26-20-24-17-12-18-25(19-24)27-22(5)15-11-16-23(8-3)13-7-2/h7-8,13,21,24-25H,2-3,5-6,9-12,14-20H2,1,4H3/b23-13+/t21?,24?,25-/m0/s1. The highest BCUT2D eigenvalue weighted by molar-refractivity contribution is 5.20. The van der Waals surface area contributed by atoms with Crippen LogP contribution in [0.25, 0.3) is 0 Å². The van der Waals surface area contributed by atoms with Crippen molar-refractivity contribution in [2.75, 3.05) is 6.61 Å². The Labute approximate surface area is 168 Å². The van der Waals surface area contributed by atoms with Gasteiger partial charge in [-0.25, -0.2) is 0 Å². The van der Waals surface area contributed by atoms with E-state index in [0.717, 1.165) is 44.5 Å². The Morgan fingerprint density at radius 3 is 2.67 bits per heavy atom. The second-order valence-electron chi connectivity index (χ2n) is 7.99. The molecule has 0 aromatic rings. The van der Waals surface area contributed by atoms with E-state index < -0.39 is 0 Å². The molecule has 2 unspecified atom stereocenters. The molecule has 0 aromatic heterocycles. The molecule has 0 bridgehead atoms. The van der Waals surface area contributed by atoms with Crippen LogP contribution in [0.15, 0.2) is 49.3 Å². The van der Waals surface area contributed by atoms with Crippen LogP contribution in [0.1, 0.15) is 84.5 Å². The van der Waals surface area contributed by atoms with Crippen molar-refractivity contribution in [3.05, 3.63) is 49.3 Å². The van der Waals surface area contributed by atoms with Crippen LogP contribution in [0.2, 0.25) is 0 Å². The number of hydrogen-bond donors (Lipinski definition) is 0. The third-order valence-corrected chi connectivity index (χ3v) is 5.41. The highest BCUT2D eigenvalue weighted by Crippen LogP contribution is 2.29. The van der Waals surface area contributed by atoms with Gasteiger partial charge in [0.15, 0.2) is 0 Å². The lowest BCUT2D eigenvalue weighted by molar-refractivity contribution is -0.00516. The van der Waals surface area contributed by atoms with Gasteiger partial charge >= 0.3 is 0 Å². The second kappa shape index (κ2) is 14.7. The summed E-state index contributed by atoms with van der Waals surface area (Å²) in [6.45, 7) is 17.1. The molecule has 0 heterocycles. The van der Waals surface area contributed by atoms with Crippen molar-refractivity contribution in [1.82, 2.24) is 0 Å². The minimum absolute atomic E-state index is 0.317. The van der Waals surface area contributed by atoms with Gasteiger partial charge in [-0.2, -0.15) is 0 Å². The maximum atomic E-state index is 6.17. The lowest BCUT2D eigenvalue weighted by Crippen LogP contribution is -2.26. The minimum Gasteiger partial charge on any atom is -0.495 e. The predicted molar refractivity (Wildman–Crippen MR) is 118 cm³/mol. The zero-order valence-corrected chi connectivity index (χ0v) is 17.9. The average Bonchev–Trinajstić information content (AvgIpc) is 2.66. The molecule has 2 heteroatoms. The van der Waals surface area contributed by atoms with E-state index in [0.29, 0.717) is 18.1 Å². The fourth-order valence-corrected chi connectivity index (χ4v) is 3.75. The van der Waals surface area contributed by atoms with Gasteiger partial charge in [0.2, 0.25) is 0 Å². The smallest absolute Gasteiger partial charge is 0.0985 e. The molecule has 0 radical (unpaired) electrons. The van der Waals surface area contributed by atoms with E-state index >= 15 is 0 Å². The molecular weight excluding hydrogens is 332 g/mol. The number of ether oxygens (including phenoxy) is 2. The Balaban J connectivity index is 2.23. The Hall–Kier alpha value is -1.28. The number of allylic oxidation sites excluding steroid dienone is 5. The van der Waals surface area contributed by atoms with E-state index in [2.05, 4.69) is 33.6 Å². The van der Waals surface area contributed by atoms with Crippen LogP contribution >= 0.6 is 0 Å². The maximum Gasteiger partial charge on any atom is 0.0985 e. The average molecular weight is 375 g/mol. The van der Waals surface area contributed by atoms with Crippen LogP contribution in [0.5, 0.6) is 0 Å². The highest BCUT2D eigenvalue weighted by Gasteiger charge is 2.24. The van der Waals surface area contributed by atoms with Gasteiger partial charge in [0.05, 0.1) is 18.0 Å². The molecule has 0 spiro atoms. The number of rotatable bonds is 15. The van der Waals surface area contributed by atoms with E-state index in [9.17, 15) is 0 Å². The monoisotopic (exact) mass is 374 g/mol. The summed E-state index contributed by atoms with van der Waals surface area (Å²) in [6, 6.07) is 0. The van der Waals surface area contributed by atoms with Crippen LogP contribution in [0.4, 0.5) is 0 Å². The van der Waals surface area contributed by atoms with Gasteiger partial charge in [-0.05, 0) is 63.4 Å². The topological polar surface area (TPSA) is 18.5 Å². The van der Waals surface area contributed by atoms with Gasteiger partial charge < -0.3 is 9.47 Å². The van der Waals surface area contributed by atoms with E-state index in [1.165, 1.54) is 44.1 Å². The van der Waals surface area contributed by atoms with Crippen molar-refractivity contribution in [2.24, 2.45) is 5.92 Å². The summed E-state index contributed by atoms with van der Waals surface area (Å²) in [5.41, 5.74) is 1.22. The molecule has 0 N–H and O–H groups in total. The third kappa shape index (κ3) is 11.2. The largest absolute Gasteiger partial charge is 0.495 e. The summed E-state index contributed by atoms with van der Waals surface area (Å²) in [5.74, 6) is 1.56. The van der Waals surface area contributed by atoms with Gasteiger partial charge in [-0.1, -0.05) is 64.2 Å². The van der Waals surface area contributed by atoms with Crippen molar-refractivity contribution in [2.45, 2.75) is 96.7 Å².